The second-order valence-electron chi connectivity index (χ2n) is 9.86. The minimum absolute atomic E-state index is 0.0908. The van der Waals surface area contributed by atoms with Gasteiger partial charge >= 0.3 is 12.1 Å². The molecule has 0 aliphatic heterocycles. The number of methoxy groups -OCH3 is 1. The average Bonchev–Trinajstić information content (AvgIpc) is 3.38. The lowest BCUT2D eigenvalue weighted by atomic mass is 10.1. The van der Waals surface area contributed by atoms with Crippen LogP contribution in [0.4, 0.5) is 10.5 Å². The molecule has 10 heteroatoms. The lowest BCUT2D eigenvalue weighted by Crippen LogP contribution is -2.37. The highest BCUT2D eigenvalue weighted by atomic mass is 16.6. The molecule has 0 fully saturated rings. The number of nitrogens with zero attached hydrogens (tertiary/aromatic N) is 2. The van der Waals surface area contributed by atoms with Crippen molar-refractivity contribution in [1.82, 2.24) is 14.9 Å². The molecule has 0 bridgehead atoms. The fourth-order valence-corrected chi connectivity index (χ4v) is 4.12. The number of fused-ring (bicyclic) bond motifs is 1. The van der Waals surface area contributed by atoms with E-state index in [2.05, 4.69) is 15.4 Å². The number of carbonyl (C=O) groups excluding carboxylic acids is 2. The predicted octanol–water partition coefficient (Wildman–Crippen LogP) is 5.35. The van der Waals surface area contributed by atoms with Crippen molar-refractivity contribution in [3.05, 3.63) is 88.4 Å². The Kier molecular flexibility index (Phi) is 8.04. The number of hydrogen-bond acceptors (Lipinski definition) is 8. The molecule has 2 heterocycles. The molecular formula is C29H32N4O6. The molecule has 0 saturated heterocycles. The molecule has 0 radical (unpaired) electrons. The molecule has 2 aromatic carbocycles. The van der Waals surface area contributed by atoms with E-state index in [1.54, 1.807) is 45.0 Å². The topological polar surface area (TPSA) is 125 Å². The van der Waals surface area contributed by atoms with Gasteiger partial charge in [-0.25, -0.2) is 14.6 Å². The number of hydrogen-bond donors (Lipinski definition) is 2. The summed E-state index contributed by atoms with van der Waals surface area (Å²) in [5.74, 6) is 0.401. The molecule has 4 rings (SSSR count). The molecule has 204 valence electrons. The number of esters is 1. The first-order chi connectivity index (χ1) is 18.6. The molecule has 0 unspecified atom stereocenters. The molecule has 10 nitrogen and oxygen atoms in total. The summed E-state index contributed by atoms with van der Waals surface area (Å²) < 4.78 is 17.2. The molecule has 1 amide bonds. The second-order valence-corrected chi connectivity index (χ2v) is 9.86. The summed E-state index contributed by atoms with van der Waals surface area (Å²) in [5, 5.41) is 6.47. The molecule has 1 atom stereocenters. The molecule has 4 aromatic rings. The molecule has 0 aliphatic carbocycles. The lowest BCUT2D eigenvalue weighted by molar-refractivity contribution is 0.0497. The first kappa shape index (κ1) is 27.4. The van der Waals surface area contributed by atoms with E-state index in [0.717, 1.165) is 0 Å². The molecular weight excluding hydrogens is 500 g/mol. The van der Waals surface area contributed by atoms with E-state index >= 15 is 0 Å². The third kappa shape index (κ3) is 6.28. The maximum Gasteiger partial charge on any atom is 0.408 e. The van der Waals surface area contributed by atoms with Crippen molar-refractivity contribution in [1.29, 1.82) is 0 Å². The van der Waals surface area contributed by atoms with Crippen LogP contribution in [0.5, 0.6) is 0 Å². The molecule has 39 heavy (non-hydrogen) atoms. The van der Waals surface area contributed by atoms with Gasteiger partial charge in [0, 0.05) is 5.69 Å². The normalized spacial score (nSPS) is 12.1. The first-order valence-electron chi connectivity index (χ1n) is 12.6. The zero-order valence-electron chi connectivity index (χ0n) is 22.6. The van der Waals surface area contributed by atoms with Crippen LogP contribution < -0.4 is 16.2 Å². The van der Waals surface area contributed by atoms with Crippen LogP contribution in [0, 0.1) is 0 Å². The molecule has 2 N–H and O–H groups in total. The van der Waals surface area contributed by atoms with E-state index in [0.29, 0.717) is 40.3 Å². The van der Waals surface area contributed by atoms with E-state index in [1.165, 1.54) is 17.7 Å². The number of carbonyl (C=O) groups is 2. The number of ether oxygens (including phenoxy) is 2. The average molecular weight is 533 g/mol. The third-order valence-electron chi connectivity index (χ3n) is 5.85. The maximum atomic E-state index is 14.1. The van der Waals surface area contributed by atoms with Gasteiger partial charge in [-0.05, 0) is 63.6 Å². The molecule has 2 aromatic heterocycles. The number of nitrogens with one attached hydrogen (secondary N) is 2. The van der Waals surface area contributed by atoms with Gasteiger partial charge in [0.25, 0.3) is 5.56 Å². The van der Waals surface area contributed by atoms with Gasteiger partial charge in [0.2, 0.25) is 5.76 Å². The van der Waals surface area contributed by atoms with Gasteiger partial charge in [-0.15, -0.1) is 0 Å². The Hall–Kier alpha value is -4.60. The van der Waals surface area contributed by atoms with Crippen molar-refractivity contribution in [2.45, 2.75) is 52.3 Å². The summed E-state index contributed by atoms with van der Waals surface area (Å²) in [4.78, 5) is 43.3. The zero-order valence-corrected chi connectivity index (χ0v) is 22.6. The Labute approximate surface area is 225 Å². The summed E-state index contributed by atoms with van der Waals surface area (Å²) in [7, 11) is 1.28. The smallest absolute Gasteiger partial charge is 0.408 e. The number of aromatic nitrogens is 2. The lowest BCUT2D eigenvalue weighted by Gasteiger charge is -2.25. The molecule has 0 spiro atoms. The Morgan fingerprint density at radius 1 is 1.05 bits per heavy atom. The van der Waals surface area contributed by atoms with Gasteiger partial charge in [0.05, 0.1) is 36.3 Å². The van der Waals surface area contributed by atoms with E-state index in [4.69, 9.17) is 14.1 Å². The number of amides is 1. The van der Waals surface area contributed by atoms with Gasteiger partial charge in [-0.2, -0.15) is 0 Å². The monoisotopic (exact) mass is 532 g/mol. The van der Waals surface area contributed by atoms with Gasteiger partial charge in [0.15, 0.2) is 0 Å². The Morgan fingerprint density at radius 3 is 2.46 bits per heavy atom. The van der Waals surface area contributed by atoms with E-state index in [9.17, 15) is 14.4 Å². The van der Waals surface area contributed by atoms with Crippen LogP contribution in [-0.4, -0.2) is 34.3 Å². The zero-order chi connectivity index (χ0) is 28.2. The van der Waals surface area contributed by atoms with Crippen LogP contribution in [-0.2, 0) is 16.0 Å². The predicted molar refractivity (Wildman–Crippen MR) is 147 cm³/mol. The quantitative estimate of drug-likeness (QED) is 0.291. The number of anilines is 1. The molecule has 0 saturated carbocycles. The summed E-state index contributed by atoms with van der Waals surface area (Å²) in [6.45, 7) is 7.48. The maximum absolute atomic E-state index is 14.1. The van der Waals surface area contributed by atoms with Crippen molar-refractivity contribution in [3.63, 3.8) is 0 Å². The van der Waals surface area contributed by atoms with E-state index in [-0.39, 0.29) is 17.9 Å². The van der Waals surface area contributed by atoms with Crippen LogP contribution in [0.1, 0.15) is 62.3 Å². The first-order valence-corrected chi connectivity index (χ1v) is 12.6. The summed E-state index contributed by atoms with van der Waals surface area (Å²) in [5.41, 5.74) is 0.643. The Bertz CT molecular complexity index is 1540. The fraction of sp³-hybridized carbons (Fsp3) is 0.310. The number of alkyl carbamates (subject to hydrolysis) is 1. The second kappa shape index (κ2) is 11.4. The minimum Gasteiger partial charge on any atom is -0.463 e. The molecule has 0 aliphatic rings. The standard InChI is InChI=1S/C29H32N4O6/c1-6-20(32-28(36)39-29(2,3)4)25-31-22-14-10-13-21(30-17-19-15-16-23(38-19)27(35)37-5)24(22)26(34)33(25)18-11-8-7-9-12-18/h7-16,20,30H,6,17H2,1-5H3,(H,32,36)/t20-/m0/s1. The van der Waals surface area contributed by atoms with Gasteiger partial charge < -0.3 is 24.5 Å². The number of para-hydroxylation sites is 1. The van der Waals surface area contributed by atoms with Gasteiger partial charge in [-0.1, -0.05) is 31.2 Å². The highest BCUT2D eigenvalue weighted by molar-refractivity contribution is 5.91. The van der Waals surface area contributed by atoms with Crippen molar-refractivity contribution in [3.8, 4) is 5.69 Å². The van der Waals surface area contributed by atoms with Gasteiger partial charge in [-0.3, -0.25) is 9.36 Å². The van der Waals surface area contributed by atoms with Crippen LogP contribution in [0.15, 0.2) is 69.9 Å². The van der Waals surface area contributed by atoms with Crippen molar-refractivity contribution in [2.24, 2.45) is 0 Å². The van der Waals surface area contributed by atoms with Crippen LogP contribution in [0.3, 0.4) is 0 Å². The Balaban J connectivity index is 1.78. The minimum atomic E-state index is -0.676. The van der Waals surface area contributed by atoms with Crippen molar-refractivity contribution in [2.75, 3.05) is 12.4 Å². The van der Waals surface area contributed by atoms with Crippen LogP contribution in [0.2, 0.25) is 0 Å². The number of benzene rings is 2. The van der Waals surface area contributed by atoms with E-state index in [1.807, 2.05) is 37.3 Å². The van der Waals surface area contributed by atoms with Crippen molar-refractivity contribution < 1.29 is 23.5 Å². The SMILES string of the molecule is CC[C@H](NC(=O)OC(C)(C)C)c1nc2cccc(NCc3ccc(C(=O)OC)o3)c2c(=O)n1-c1ccccc1. The number of rotatable bonds is 8. The van der Waals surface area contributed by atoms with E-state index < -0.39 is 23.7 Å². The highest BCUT2D eigenvalue weighted by Gasteiger charge is 2.25. The number of furan rings is 1. The highest BCUT2D eigenvalue weighted by Crippen LogP contribution is 2.25. The van der Waals surface area contributed by atoms with Crippen LogP contribution in [0.25, 0.3) is 16.6 Å². The van der Waals surface area contributed by atoms with Crippen molar-refractivity contribution >= 4 is 28.7 Å². The Morgan fingerprint density at radius 2 is 1.79 bits per heavy atom. The van der Waals surface area contributed by atoms with Crippen LogP contribution >= 0.6 is 0 Å². The largest absolute Gasteiger partial charge is 0.463 e. The van der Waals surface area contributed by atoms with Gasteiger partial charge in [0.1, 0.15) is 17.2 Å². The fourth-order valence-electron chi connectivity index (χ4n) is 4.12. The summed E-state index contributed by atoms with van der Waals surface area (Å²) in [6, 6.07) is 17.1. The third-order valence-corrected chi connectivity index (χ3v) is 5.85. The summed E-state index contributed by atoms with van der Waals surface area (Å²) in [6.07, 6.45) is -0.119. The summed E-state index contributed by atoms with van der Waals surface area (Å²) >= 11 is 0.